The molecule has 2 fully saturated rings. The molecule has 1 aromatic heterocycles. The molecular weight excluding hydrogens is 503 g/mol. The first kappa shape index (κ1) is 25.8. The second-order valence-electron chi connectivity index (χ2n) is 10.9. The summed E-state index contributed by atoms with van der Waals surface area (Å²) >= 11 is 1.40. The summed E-state index contributed by atoms with van der Waals surface area (Å²) in [5.41, 5.74) is 1.47. The van der Waals surface area contributed by atoms with Crippen LogP contribution in [0.1, 0.15) is 67.4 Å². The van der Waals surface area contributed by atoms with Gasteiger partial charge in [-0.3, -0.25) is 9.32 Å². The highest BCUT2D eigenvalue weighted by atomic mass is 32.1. The maximum absolute atomic E-state index is 12.7. The molecule has 0 aliphatic heterocycles. The largest absolute Gasteiger partial charge is 0.508 e. The fraction of sp³-hybridized carbons (Fsp3) is 0.600. The van der Waals surface area contributed by atoms with Crippen molar-refractivity contribution in [1.82, 2.24) is 4.98 Å². The van der Waals surface area contributed by atoms with Gasteiger partial charge in [0.1, 0.15) is 5.75 Å². The summed E-state index contributed by atoms with van der Waals surface area (Å²) in [5.74, 6) is -1.74. The lowest BCUT2D eigenvalue weighted by atomic mass is 9.53. The molecule has 4 unspecified atom stereocenters. The average Bonchev–Trinajstić information content (AvgIpc) is 3.28. The Kier molecular flexibility index (Phi) is 6.59. The third-order valence-electron chi connectivity index (χ3n) is 8.78. The van der Waals surface area contributed by atoms with Gasteiger partial charge in [-0.1, -0.05) is 13.0 Å². The van der Waals surface area contributed by atoms with E-state index in [9.17, 15) is 29.4 Å². The highest BCUT2D eigenvalue weighted by Gasteiger charge is 2.67. The number of phosphoric ester groups is 1. The van der Waals surface area contributed by atoms with Crippen LogP contribution in [0.4, 0.5) is 5.13 Å². The first-order valence-corrected chi connectivity index (χ1v) is 14.8. The SMILES string of the molecule is Cc1cnc(NC(=O)CCC2C[C@](O)(OP(=O)(O)O)[C@@]3(C)CCC4c5ccc(O)cc5CCC4C23)s1. The number of phenols is 1. The number of benzene rings is 1. The number of phenolic OH excluding ortho intramolecular Hbond substituents is 1. The first-order chi connectivity index (χ1) is 16.9. The molecule has 36 heavy (non-hydrogen) atoms. The Morgan fingerprint density at radius 1 is 1.33 bits per heavy atom. The molecule has 196 valence electrons. The van der Waals surface area contributed by atoms with Gasteiger partial charge < -0.3 is 25.3 Å². The normalized spacial score (nSPS) is 33.5. The van der Waals surface area contributed by atoms with E-state index in [-0.39, 0.29) is 48.2 Å². The highest BCUT2D eigenvalue weighted by Crippen LogP contribution is 2.69. The van der Waals surface area contributed by atoms with Gasteiger partial charge in [-0.05, 0) is 86.0 Å². The van der Waals surface area contributed by atoms with Gasteiger partial charge in [-0.25, -0.2) is 9.55 Å². The molecule has 3 aliphatic carbocycles. The van der Waals surface area contributed by atoms with Crippen molar-refractivity contribution >= 4 is 30.2 Å². The van der Waals surface area contributed by atoms with E-state index in [2.05, 4.69) is 10.3 Å². The van der Waals surface area contributed by atoms with Gasteiger partial charge in [0, 0.05) is 29.3 Å². The van der Waals surface area contributed by atoms with Crippen LogP contribution >= 0.6 is 19.2 Å². The molecule has 0 spiro atoms. The number of hydrogen-bond acceptors (Lipinski definition) is 7. The van der Waals surface area contributed by atoms with Crippen LogP contribution in [0, 0.1) is 30.1 Å². The summed E-state index contributed by atoms with van der Waals surface area (Å²) < 4.78 is 17.0. The summed E-state index contributed by atoms with van der Waals surface area (Å²) in [6, 6.07) is 5.51. The van der Waals surface area contributed by atoms with Gasteiger partial charge in [0.15, 0.2) is 10.9 Å². The number of carbonyl (C=O) groups is 1. The second kappa shape index (κ2) is 9.19. The monoisotopic (exact) mass is 536 g/mol. The van der Waals surface area contributed by atoms with E-state index in [1.165, 1.54) is 16.9 Å². The lowest BCUT2D eigenvalue weighted by molar-refractivity contribution is -0.230. The number of phosphoric acid groups is 1. The Hall–Kier alpha value is -1.81. The summed E-state index contributed by atoms with van der Waals surface area (Å²) in [6.45, 7) is 3.80. The van der Waals surface area contributed by atoms with Crippen LogP contribution in [0.3, 0.4) is 0 Å². The van der Waals surface area contributed by atoms with Gasteiger partial charge >= 0.3 is 7.82 Å². The predicted molar refractivity (Wildman–Crippen MR) is 134 cm³/mol. The number of anilines is 1. The van der Waals surface area contributed by atoms with Crippen molar-refractivity contribution in [2.75, 3.05) is 5.32 Å². The Morgan fingerprint density at radius 2 is 2.11 bits per heavy atom. The van der Waals surface area contributed by atoms with Crippen molar-refractivity contribution in [3.8, 4) is 5.75 Å². The standard InChI is InChI=1S/C25H33N2O7PS/c1-14-13-26-23(36-14)27-21(29)8-4-16-12-25(30,34-35(31,32)33)24(2)10-9-19-18-7-5-17(28)11-15(18)3-6-20(19)22(16)24/h5,7,11,13,16,19-20,22,28,30H,3-4,6,8-10,12H2,1-2H3,(H,26,27,29)(H2,31,32,33)/t16?,19?,20?,22?,24-,25-/m0/s1. The molecule has 2 saturated carbocycles. The summed E-state index contributed by atoms with van der Waals surface area (Å²) in [7, 11) is -4.95. The molecule has 0 bridgehead atoms. The number of amides is 1. The van der Waals surface area contributed by atoms with Crippen molar-refractivity contribution in [2.45, 2.75) is 70.5 Å². The van der Waals surface area contributed by atoms with E-state index in [0.29, 0.717) is 18.0 Å². The number of thiazole rings is 1. The van der Waals surface area contributed by atoms with E-state index >= 15 is 0 Å². The lowest BCUT2D eigenvalue weighted by Crippen LogP contribution is -2.52. The maximum atomic E-state index is 12.7. The summed E-state index contributed by atoms with van der Waals surface area (Å²) in [6.07, 6.45) is 5.36. The fourth-order valence-electron chi connectivity index (χ4n) is 7.39. The van der Waals surface area contributed by atoms with Crippen molar-refractivity contribution in [3.63, 3.8) is 0 Å². The highest BCUT2D eigenvalue weighted by molar-refractivity contribution is 7.46. The molecule has 9 nitrogen and oxygen atoms in total. The molecule has 11 heteroatoms. The molecule has 1 heterocycles. The smallest absolute Gasteiger partial charge is 0.472 e. The number of nitrogens with one attached hydrogen (secondary N) is 1. The topological polar surface area (TPSA) is 149 Å². The minimum atomic E-state index is -4.95. The third-order valence-corrected chi connectivity index (χ3v) is 10.1. The van der Waals surface area contributed by atoms with Crippen LogP contribution in [0.25, 0.3) is 0 Å². The van der Waals surface area contributed by atoms with Crippen LogP contribution in [0.15, 0.2) is 24.4 Å². The van der Waals surface area contributed by atoms with E-state index in [0.717, 1.165) is 29.7 Å². The number of nitrogens with zero attached hydrogens (tertiary/aromatic N) is 1. The molecule has 6 atom stereocenters. The molecule has 0 radical (unpaired) electrons. The zero-order valence-corrected chi connectivity index (χ0v) is 22.1. The van der Waals surface area contributed by atoms with Crippen LogP contribution < -0.4 is 5.32 Å². The summed E-state index contributed by atoms with van der Waals surface area (Å²) in [4.78, 5) is 37.2. The van der Waals surface area contributed by atoms with E-state index in [1.54, 1.807) is 12.3 Å². The molecule has 3 aliphatic rings. The number of hydrogen-bond donors (Lipinski definition) is 5. The van der Waals surface area contributed by atoms with Crippen LogP contribution in [0.5, 0.6) is 5.75 Å². The minimum absolute atomic E-state index is 0.0641. The Labute approximate surface area is 214 Å². The number of aliphatic hydroxyl groups is 1. The zero-order valence-electron chi connectivity index (χ0n) is 20.4. The second-order valence-corrected chi connectivity index (χ2v) is 13.3. The van der Waals surface area contributed by atoms with Crippen molar-refractivity contribution in [2.24, 2.45) is 23.2 Å². The van der Waals surface area contributed by atoms with Crippen LogP contribution in [0.2, 0.25) is 0 Å². The van der Waals surface area contributed by atoms with Crippen molar-refractivity contribution in [3.05, 3.63) is 40.4 Å². The Bertz CT molecular complexity index is 1210. The lowest BCUT2D eigenvalue weighted by Gasteiger charge is -2.53. The molecule has 1 amide bonds. The average molecular weight is 537 g/mol. The van der Waals surface area contributed by atoms with E-state index in [4.69, 9.17) is 4.52 Å². The van der Waals surface area contributed by atoms with Gasteiger partial charge in [-0.15, -0.1) is 11.3 Å². The molecule has 2 aromatic rings. The van der Waals surface area contributed by atoms with Crippen molar-refractivity contribution < 1.29 is 33.9 Å². The van der Waals surface area contributed by atoms with Gasteiger partial charge in [0.25, 0.3) is 0 Å². The predicted octanol–water partition coefficient (Wildman–Crippen LogP) is 4.46. The number of carbonyl (C=O) groups excluding carboxylic acids is 1. The van der Waals surface area contributed by atoms with Crippen LogP contribution in [-0.4, -0.2) is 36.7 Å². The first-order valence-electron chi connectivity index (χ1n) is 12.4. The fourth-order valence-corrected chi connectivity index (χ4v) is 8.75. The summed E-state index contributed by atoms with van der Waals surface area (Å²) in [5, 5.41) is 24.9. The van der Waals surface area contributed by atoms with E-state index in [1.807, 2.05) is 26.0 Å². The van der Waals surface area contributed by atoms with E-state index < -0.39 is 19.0 Å². The molecule has 5 N–H and O–H groups in total. The van der Waals surface area contributed by atoms with Gasteiger partial charge in [0.2, 0.25) is 5.91 Å². The molecule has 1 aromatic carbocycles. The van der Waals surface area contributed by atoms with Gasteiger partial charge in [0.05, 0.1) is 0 Å². The molecular formula is C25H33N2O7PS. The number of rotatable bonds is 6. The zero-order chi connectivity index (χ0) is 25.9. The quantitative estimate of drug-likeness (QED) is 0.268. The molecule has 5 rings (SSSR count). The Morgan fingerprint density at radius 3 is 2.81 bits per heavy atom. The minimum Gasteiger partial charge on any atom is -0.508 e. The number of aromatic hydroxyl groups is 1. The van der Waals surface area contributed by atoms with Crippen LogP contribution in [-0.2, 0) is 20.3 Å². The van der Waals surface area contributed by atoms with Gasteiger partial charge in [-0.2, -0.15) is 0 Å². The Balaban J connectivity index is 1.42. The number of aryl methyl sites for hydroxylation is 2. The molecule has 0 saturated heterocycles. The number of fused-ring (bicyclic) bond motifs is 5. The number of aromatic nitrogens is 1. The maximum Gasteiger partial charge on any atom is 0.472 e. The third kappa shape index (κ3) is 4.64. The van der Waals surface area contributed by atoms with Crippen molar-refractivity contribution in [1.29, 1.82) is 0 Å².